The van der Waals surface area contributed by atoms with Gasteiger partial charge in [0.05, 0.1) is 0 Å². The lowest BCUT2D eigenvalue weighted by Crippen LogP contribution is -2.38. The maximum atomic E-state index is 10.1. The van der Waals surface area contributed by atoms with Crippen molar-refractivity contribution in [1.29, 1.82) is 0 Å². The van der Waals surface area contributed by atoms with Crippen LogP contribution in [0.3, 0.4) is 0 Å². The normalized spacial score (nSPS) is 33.4. The Labute approximate surface area is 112 Å². The third kappa shape index (κ3) is 1.82. The van der Waals surface area contributed by atoms with Crippen LogP contribution >= 0.6 is 0 Å². The van der Waals surface area contributed by atoms with E-state index < -0.39 is 0 Å². The van der Waals surface area contributed by atoms with E-state index in [1.807, 2.05) is 6.07 Å². The average Bonchev–Trinajstić information content (AvgIpc) is 3.05. The molecule has 2 heterocycles. The van der Waals surface area contributed by atoms with Crippen LogP contribution in [0.1, 0.15) is 37.2 Å². The molecule has 1 aromatic carbocycles. The largest absolute Gasteiger partial charge is 0.454 e. The molecule has 3 aliphatic rings. The molecule has 1 saturated carbocycles. The van der Waals surface area contributed by atoms with Gasteiger partial charge in [0, 0.05) is 18.5 Å². The van der Waals surface area contributed by atoms with Gasteiger partial charge in [0.25, 0.3) is 0 Å². The van der Waals surface area contributed by atoms with Gasteiger partial charge >= 0.3 is 0 Å². The molecule has 4 heteroatoms. The van der Waals surface area contributed by atoms with Crippen molar-refractivity contribution in [1.82, 2.24) is 5.06 Å². The van der Waals surface area contributed by atoms with Crippen LogP contribution in [0, 0.1) is 5.92 Å². The summed E-state index contributed by atoms with van der Waals surface area (Å²) in [5.74, 6) is 2.75. The maximum absolute atomic E-state index is 10.1. The Kier molecular flexibility index (Phi) is 2.67. The molecule has 4 nitrogen and oxygen atoms in total. The molecule has 4 rings (SSSR count). The van der Waals surface area contributed by atoms with Crippen molar-refractivity contribution in [2.24, 2.45) is 5.92 Å². The summed E-state index contributed by atoms with van der Waals surface area (Å²) < 4.78 is 10.8. The Morgan fingerprint density at radius 2 is 2.00 bits per heavy atom. The minimum absolute atomic E-state index is 0.286. The molecule has 2 fully saturated rings. The van der Waals surface area contributed by atoms with E-state index in [0.717, 1.165) is 30.9 Å². The van der Waals surface area contributed by atoms with Gasteiger partial charge in [0.1, 0.15) is 0 Å². The summed E-state index contributed by atoms with van der Waals surface area (Å²) in [6.45, 7) is 1.14. The monoisotopic (exact) mass is 261 g/mol. The summed E-state index contributed by atoms with van der Waals surface area (Å²) in [6.07, 6.45) is 4.79. The van der Waals surface area contributed by atoms with Gasteiger partial charge in [-0.05, 0) is 42.9 Å². The fraction of sp³-hybridized carbons (Fsp3) is 0.600. The lowest BCUT2D eigenvalue weighted by Gasteiger charge is -2.36. The van der Waals surface area contributed by atoms with Crippen molar-refractivity contribution in [3.63, 3.8) is 0 Å². The van der Waals surface area contributed by atoms with Gasteiger partial charge in [-0.25, -0.2) is 0 Å². The van der Waals surface area contributed by atoms with Gasteiger partial charge in [-0.1, -0.05) is 12.5 Å². The maximum Gasteiger partial charge on any atom is 0.231 e. The molecule has 2 aliphatic heterocycles. The topological polar surface area (TPSA) is 41.9 Å². The summed E-state index contributed by atoms with van der Waals surface area (Å²) >= 11 is 0. The summed E-state index contributed by atoms with van der Waals surface area (Å²) in [7, 11) is 0. The van der Waals surface area contributed by atoms with Crippen molar-refractivity contribution in [2.75, 3.05) is 13.3 Å². The quantitative estimate of drug-likeness (QED) is 0.844. The zero-order valence-electron chi connectivity index (χ0n) is 10.9. The first-order valence-electron chi connectivity index (χ1n) is 7.18. The average molecular weight is 261 g/mol. The van der Waals surface area contributed by atoms with Gasteiger partial charge in [-0.3, -0.25) is 0 Å². The number of nitrogens with zero attached hydrogens (tertiary/aromatic N) is 1. The third-order valence-corrected chi connectivity index (χ3v) is 4.88. The second kappa shape index (κ2) is 4.39. The van der Waals surface area contributed by atoms with Gasteiger partial charge in [0.15, 0.2) is 11.5 Å². The molecular weight excluding hydrogens is 242 g/mol. The molecule has 3 atom stereocenters. The van der Waals surface area contributed by atoms with Crippen LogP contribution in [0.4, 0.5) is 0 Å². The second-order valence-corrected chi connectivity index (χ2v) is 5.85. The molecule has 1 N–H and O–H groups in total. The zero-order valence-corrected chi connectivity index (χ0v) is 10.9. The SMILES string of the molecule is ON1CC[C@H]2CCC[C@H](c3ccc4c(c3)OCO4)[C@H]21. The minimum atomic E-state index is 0.286. The molecule has 1 aromatic rings. The molecule has 1 aliphatic carbocycles. The number of benzene rings is 1. The molecule has 0 amide bonds. The summed E-state index contributed by atoms with van der Waals surface area (Å²) in [5, 5.41) is 11.7. The third-order valence-electron chi connectivity index (χ3n) is 4.88. The fourth-order valence-corrected chi connectivity index (χ4v) is 3.99. The summed E-state index contributed by atoms with van der Waals surface area (Å²) in [6, 6.07) is 6.51. The molecule has 102 valence electrons. The van der Waals surface area contributed by atoms with E-state index in [9.17, 15) is 5.21 Å². The highest BCUT2D eigenvalue weighted by molar-refractivity contribution is 5.45. The number of hydrogen-bond donors (Lipinski definition) is 1. The predicted octanol–water partition coefficient (Wildman–Crippen LogP) is 2.76. The van der Waals surface area contributed by atoms with Crippen molar-refractivity contribution in [3.05, 3.63) is 23.8 Å². The molecule has 0 spiro atoms. The van der Waals surface area contributed by atoms with Crippen molar-refractivity contribution in [2.45, 2.75) is 37.6 Å². The van der Waals surface area contributed by atoms with E-state index >= 15 is 0 Å². The highest BCUT2D eigenvalue weighted by atomic mass is 16.7. The van der Waals surface area contributed by atoms with Gasteiger partial charge in [0.2, 0.25) is 6.79 Å². The number of hydroxylamine groups is 2. The number of fused-ring (bicyclic) bond motifs is 2. The molecule has 19 heavy (non-hydrogen) atoms. The summed E-state index contributed by atoms with van der Waals surface area (Å²) in [5.41, 5.74) is 1.28. The van der Waals surface area contributed by atoms with Crippen LogP contribution in [0.15, 0.2) is 18.2 Å². The zero-order chi connectivity index (χ0) is 12.8. The highest BCUT2D eigenvalue weighted by Gasteiger charge is 2.42. The molecule has 0 aromatic heterocycles. The second-order valence-electron chi connectivity index (χ2n) is 5.85. The van der Waals surface area contributed by atoms with Gasteiger partial charge < -0.3 is 14.7 Å². The van der Waals surface area contributed by atoms with Gasteiger partial charge in [-0.2, -0.15) is 5.06 Å². The van der Waals surface area contributed by atoms with E-state index in [1.165, 1.54) is 18.4 Å². The predicted molar refractivity (Wildman–Crippen MR) is 69.5 cm³/mol. The van der Waals surface area contributed by atoms with Crippen LogP contribution in [0.5, 0.6) is 11.5 Å². The first kappa shape index (κ1) is 11.6. The first-order chi connectivity index (χ1) is 9.33. The number of ether oxygens (including phenoxy) is 2. The van der Waals surface area contributed by atoms with Gasteiger partial charge in [-0.15, -0.1) is 0 Å². The highest BCUT2D eigenvalue weighted by Crippen LogP contribution is 2.45. The molecular formula is C15H19NO3. The Morgan fingerprint density at radius 3 is 2.95 bits per heavy atom. The van der Waals surface area contributed by atoms with Crippen LogP contribution in [-0.2, 0) is 0 Å². The lowest BCUT2D eigenvalue weighted by atomic mass is 9.74. The van der Waals surface area contributed by atoms with E-state index in [1.54, 1.807) is 5.06 Å². The smallest absolute Gasteiger partial charge is 0.231 e. The number of hydrogen-bond acceptors (Lipinski definition) is 4. The van der Waals surface area contributed by atoms with Crippen molar-refractivity contribution < 1.29 is 14.7 Å². The Hall–Kier alpha value is -1.26. The molecule has 0 bridgehead atoms. The van der Waals surface area contributed by atoms with Crippen LogP contribution in [0.2, 0.25) is 0 Å². The van der Waals surface area contributed by atoms with Crippen LogP contribution < -0.4 is 9.47 Å². The molecule has 0 unspecified atom stereocenters. The molecule has 1 saturated heterocycles. The fourth-order valence-electron chi connectivity index (χ4n) is 3.99. The Balaban J connectivity index is 1.67. The van der Waals surface area contributed by atoms with E-state index in [0.29, 0.717) is 18.6 Å². The molecule has 0 radical (unpaired) electrons. The van der Waals surface area contributed by atoms with Crippen LogP contribution in [-0.4, -0.2) is 29.7 Å². The number of rotatable bonds is 1. The van der Waals surface area contributed by atoms with Crippen LogP contribution in [0.25, 0.3) is 0 Å². The lowest BCUT2D eigenvalue weighted by molar-refractivity contribution is -0.120. The van der Waals surface area contributed by atoms with Crippen molar-refractivity contribution >= 4 is 0 Å². The first-order valence-corrected chi connectivity index (χ1v) is 7.18. The van der Waals surface area contributed by atoms with E-state index in [4.69, 9.17) is 9.47 Å². The van der Waals surface area contributed by atoms with Crippen molar-refractivity contribution in [3.8, 4) is 11.5 Å². The van der Waals surface area contributed by atoms with E-state index in [-0.39, 0.29) is 6.04 Å². The standard InChI is InChI=1S/C15H19NO3/c17-16-7-6-10-2-1-3-12(15(10)16)11-4-5-13-14(8-11)19-9-18-13/h4-5,8,10,12,15,17H,1-3,6-7,9H2/t10-,12-,15+/m1/s1. The van der Waals surface area contributed by atoms with E-state index in [2.05, 4.69) is 12.1 Å². The summed E-state index contributed by atoms with van der Waals surface area (Å²) in [4.78, 5) is 0. The Bertz CT molecular complexity index is 488. The Morgan fingerprint density at radius 1 is 1.11 bits per heavy atom. The minimum Gasteiger partial charge on any atom is -0.454 e.